The molecule has 0 bridgehead atoms. The third-order valence-corrected chi connectivity index (χ3v) is 5.06. The van der Waals surface area contributed by atoms with Gasteiger partial charge in [0.2, 0.25) is 0 Å². The van der Waals surface area contributed by atoms with Crippen molar-refractivity contribution in [3.8, 4) is 23.3 Å². The van der Waals surface area contributed by atoms with Crippen molar-refractivity contribution in [1.82, 2.24) is 10.0 Å². The van der Waals surface area contributed by atoms with Crippen LogP contribution in [0.2, 0.25) is 0 Å². The smallest absolute Gasteiger partial charge is 0.258 e. The van der Waals surface area contributed by atoms with Crippen molar-refractivity contribution in [3.63, 3.8) is 0 Å². The summed E-state index contributed by atoms with van der Waals surface area (Å²) in [5.74, 6) is 5.13. The van der Waals surface area contributed by atoms with Crippen molar-refractivity contribution in [2.24, 2.45) is 0 Å². The van der Waals surface area contributed by atoms with Crippen molar-refractivity contribution in [2.45, 2.75) is 31.8 Å². The van der Waals surface area contributed by atoms with Gasteiger partial charge >= 0.3 is 0 Å². The third kappa shape index (κ3) is 3.33. The van der Waals surface area contributed by atoms with Gasteiger partial charge in [-0.3, -0.25) is 19.6 Å². The summed E-state index contributed by atoms with van der Waals surface area (Å²) >= 11 is 0. The van der Waals surface area contributed by atoms with E-state index >= 15 is 0 Å². The summed E-state index contributed by atoms with van der Waals surface area (Å²) in [7, 11) is 4.67. The summed E-state index contributed by atoms with van der Waals surface area (Å²) in [6.07, 6.45) is 1.43. The molecule has 0 radical (unpaired) electrons. The first-order chi connectivity index (χ1) is 13.0. The fourth-order valence-corrected chi connectivity index (χ4v) is 3.70. The standard InChI is InChI=1S/C20H24N2O5/c1-5-6-13-11-15(26-3)17(16(12-13)27-4)18-19(23)21-9-7-14(25-2)8-10-22(21)20(18)24/h11-12,14,18H,7-10H2,1-4H3. The molecule has 0 atom stereocenters. The summed E-state index contributed by atoms with van der Waals surface area (Å²) in [5.41, 5.74) is 1.15. The first kappa shape index (κ1) is 19.1. The molecule has 27 heavy (non-hydrogen) atoms. The Morgan fingerprint density at radius 3 is 1.89 bits per heavy atom. The number of hydrazine groups is 1. The van der Waals surface area contributed by atoms with Crippen LogP contribution >= 0.6 is 0 Å². The molecule has 144 valence electrons. The Morgan fingerprint density at radius 2 is 1.48 bits per heavy atom. The molecule has 1 aromatic carbocycles. The lowest BCUT2D eigenvalue weighted by molar-refractivity contribution is -0.145. The summed E-state index contributed by atoms with van der Waals surface area (Å²) < 4.78 is 16.4. The van der Waals surface area contributed by atoms with Gasteiger partial charge in [-0.2, -0.15) is 0 Å². The molecule has 3 rings (SSSR count). The van der Waals surface area contributed by atoms with E-state index in [2.05, 4.69) is 11.8 Å². The number of nitrogens with zero attached hydrogens (tertiary/aromatic N) is 2. The molecular formula is C20H24N2O5. The minimum Gasteiger partial charge on any atom is -0.496 e. The molecule has 2 aliphatic heterocycles. The predicted octanol–water partition coefficient (Wildman–Crippen LogP) is 1.55. The van der Waals surface area contributed by atoms with E-state index in [1.54, 1.807) is 26.2 Å². The molecule has 7 heteroatoms. The van der Waals surface area contributed by atoms with Crippen molar-refractivity contribution in [1.29, 1.82) is 0 Å². The summed E-state index contributed by atoms with van der Waals surface area (Å²) in [6.45, 7) is 2.63. The van der Waals surface area contributed by atoms with Crippen LogP contribution in [0.5, 0.6) is 11.5 Å². The van der Waals surface area contributed by atoms with Gasteiger partial charge in [-0.25, -0.2) is 0 Å². The van der Waals surface area contributed by atoms with Crippen LogP contribution in [0.15, 0.2) is 12.1 Å². The Kier molecular flexibility index (Phi) is 5.57. The van der Waals surface area contributed by atoms with E-state index in [1.807, 2.05) is 0 Å². The van der Waals surface area contributed by atoms with E-state index in [0.29, 0.717) is 48.6 Å². The van der Waals surface area contributed by atoms with E-state index in [1.165, 1.54) is 24.2 Å². The second-order valence-electron chi connectivity index (χ2n) is 6.46. The lowest BCUT2D eigenvalue weighted by Gasteiger charge is -2.24. The maximum absolute atomic E-state index is 13.1. The number of hydrogen-bond donors (Lipinski definition) is 0. The number of carbonyl (C=O) groups is 2. The first-order valence-electron chi connectivity index (χ1n) is 8.89. The Labute approximate surface area is 159 Å². The number of benzene rings is 1. The molecule has 0 aromatic heterocycles. The molecule has 1 aromatic rings. The van der Waals surface area contributed by atoms with E-state index in [-0.39, 0.29) is 17.9 Å². The number of carbonyl (C=O) groups excluding carboxylic acids is 2. The quantitative estimate of drug-likeness (QED) is 0.593. The van der Waals surface area contributed by atoms with Crippen molar-refractivity contribution in [2.75, 3.05) is 34.4 Å². The van der Waals surface area contributed by atoms with Gasteiger partial charge in [-0.05, 0) is 31.9 Å². The highest BCUT2D eigenvalue weighted by Crippen LogP contribution is 2.42. The van der Waals surface area contributed by atoms with Crippen LogP contribution in [0.1, 0.15) is 36.8 Å². The molecule has 2 heterocycles. The van der Waals surface area contributed by atoms with Gasteiger partial charge in [0.25, 0.3) is 11.8 Å². The molecule has 0 N–H and O–H groups in total. The number of ether oxygens (including phenoxy) is 3. The monoisotopic (exact) mass is 372 g/mol. The zero-order valence-corrected chi connectivity index (χ0v) is 16.1. The van der Waals surface area contributed by atoms with E-state index in [4.69, 9.17) is 14.2 Å². The molecule has 2 aliphatic rings. The molecule has 0 saturated carbocycles. The minimum atomic E-state index is -0.974. The summed E-state index contributed by atoms with van der Waals surface area (Å²) in [6, 6.07) is 3.46. The number of hydrogen-bond acceptors (Lipinski definition) is 5. The zero-order chi connectivity index (χ0) is 19.6. The summed E-state index contributed by atoms with van der Waals surface area (Å²) in [4.78, 5) is 26.3. The van der Waals surface area contributed by atoms with Crippen LogP contribution in [-0.2, 0) is 14.3 Å². The molecule has 7 nitrogen and oxygen atoms in total. The average molecular weight is 372 g/mol. The topological polar surface area (TPSA) is 68.3 Å². The second-order valence-corrected chi connectivity index (χ2v) is 6.46. The average Bonchev–Trinajstić information content (AvgIpc) is 2.83. The zero-order valence-electron chi connectivity index (χ0n) is 16.1. The van der Waals surface area contributed by atoms with Crippen molar-refractivity contribution >= 4 is 11.8 Å². The highest BCUT2D eigenvalue weighted by atomic mass is 16.5. The molecule has 2 amide bonds. The van der Waals surface area contributed by atoms with E-state index in [9.17, 15) is 9.59 Å². The highest BCUT2D eigenvalue weighted by Gasteiger charge is 2.49. The normalized spacial score (nSPS) is 18.1. The Morgan fingerprint density at radius 1 is 0.963 bits per heavy atom. The molecule has 0 aliphatic carbocycles. The lowest BCUT2D eigenvalue weighted by atomic mass is 9.94. The number of rotatable bonds is 4. The molecular weight excluding hydrogens is 348 g/mol. The van der Waals surface area contributed by atoms with Crippen LogP contribution in [0.4, 0.5) is 0 Å². The lowest BCUT2D eigenvalue weighted by Crippen LogP contribution is -2.40. The van der Waals surface area contributed by atoms with Crippen LogP contribution in [0.3, 0.4) is 0 Å². The van der Waals surface area contributed by atoms with Crippen LogP contribution in [0, 0.1) is 11.8 Å². The Hall–Kier alpha value is -2.72. The highest BCUT2D eigenvalue weighted by molar-refractivity contribution is 6.11. The van der Waals surface area contributed by atoms with Gasteiger partial charge in [-0.15, -0.1) is 5.92 Å². The van der Waals surface area contributed by atoms with Gasteiger partial charge < -0.3 is 14.2 Å². The maximum Gasteiger partial charge on any atom is 0.258 e. The molecule has 2 saturated heterocycles. The molecule has 0 spiro atoms. The number of fused-ring (bicyclic) bond motifs is 1. The molecule has 2 fully saturated rings. The Bertz CT molecular complexity index is 759. The first-order valence-corrected chi connectivity index (χ1v) is 8.89. The van der Waals surface area contributed by atoms with Crippen LogP contribution in [0.25, 0.3) is 0 Å². The van der Waals surface area contributed by atoms with Gasteiger partial charge in [0.1, 0.15) is 11.5 Å². The third-order valence-electron chi connectivity index (χ3n) is 5.06. The van der Waals surface area contributed by atoms with Crippen LogP contribution in [-0.4, -0.2) is 62.4 Å². The van der Waals surface area contributed by atoms with Crippen molar-refractivity contribution < 1.29 is 23.8 Å². The molecule has 0 unspecified atom stereocenters. The van der Waals surface area contributed by atoms with Gasteiger partial charge in [0.15, 0.2) is 5.92 Å². The van der Waals surface area contributed by atoms with Gasteiger partial charge in [-0.1, -0.05) is 5.92 Å². The van der Waals surface area contributed by atoms with Gasteiger partial charge in [0.05, 0.1) is 25.9 Å². The Balaban J connectivity index is 2.03. The SMILES string of the molecule is CC#Cc1cc(OC)c(C2C(=O)N3CCC(OC)CCN3C2=O)c(OC)c1. The predicted molar refractivity (Wildman–Crippen MR) is 98.3 cm³/mol. The number of amides is 2. The largest absolute Gasteiger partial charge is 0.496 e. The number of methoxy groups -OCH3 is 3. The van der Waals surface area contributed by atoms with E-state index < -0.39 is 5.92 Å². The maximum atomic E-state index is 13.1. The summed E-state index contributed by atoms with van der Waals surface area (Å²) in [5, 5.41) is 3.06. The van der Waals surface area contributed by atoms with Crippen LogP contribution < -0.4 is 9.47 Å². The minimum absolute atomic E-state index is 0.0469. The van der Waals surface area contributed by atoms with Gasteiger partial charge in [0, 0.05) is 25.8 Å². The fourth-order valence-electron chi connectivity index (χ4n) is 3.70. The second kappa shape index (κ2) is 7.89. The van der Waals surface area contributed by atoms with Crippen molar-refractivity contribution in [3.05, 3.63) is 23.3 Å². The fraction of sp³-hybridized carbons (Fsp3) is 0.500. The van der Waals surface area contributed by atoms with E-state index in [0.717, 1.165) is 0 Å².